The van der Waals surface area contributed by atoms with Gasteiger partial charge in [0.05, 0.1) is 0 Å². The number of piperidine rings is 1. The summed E-state index contributed by atoms with van der Waals surface area (Å²) >= 11 is 0. The lowest BCUT2D eigenvalue weighted by Crippen LogP contribution is -2.55. The van der Waals surface area contributed by atoms with Crippen LogP contribution in [0.15, 0.2) is 42.6 Å². The van der Waals surface area contributed by atoms with Gasteiger partial charge >= 0.3 is 6.03 Å². The van der Waals surface area contributed by atoms with Crippen molar-refractivity contribution in [3.05, 3.63) is 53.9 Å². The van der Waals surface area contributed by atoms with Crippen LogP contribution in [0.25, 0.3) is 0 Å². The van der Waals surface area contributed by atoms with Gasteiger partial charge in [0.25, 0.3) is 11.8 Å². The highest BCUT2D eigenvalue weighted by atomic mass is 16.2. The minimum absolute atomic E-state index is 0.0170. The van der Waals surface area contributed by atoms with Crippen molar-refractivity contribution in [3.8, 4) is 0 Å². The van der Waals surface area contributed by atoms with Gasteiger partial charge in [0, 0.05) is 82.9 Å². The molecule has 36 heavy (non-hydrogen) atoms. The molecular weight excluding hydrogens is 456 g/mol. The summed E-state index contributed by atoms with van der Waals surface area (Å²) in [6.45, 7) is 5.64. The van der Waals surface area contributed by atoms with Crippen molar-refractivity contribution in [2.45, 2.75) is 31.7 Å². The number of nitrogens with zero attached hydrogens (tertiary/aromatic N) is 5. The van der Waals surface area contributed by atoms with E-state index in [0.29, 0.717) is 31.9 Å². The summed E-state index contributed by atoms with van der Waals surface area (Å²) in [6.07, 6.45) is 5.82. The fraction of sp³-hybridized carbons (Fsp3) is 0.519. The standard InChI is InChI=1S/C27H36N6O3/c1-29-12-4-5-24(29)26(35)32-17-19-33(20-18-32)27(36)28-22-10-15-30(16-11-22)23-8-6-21(7-9-23)25(34)31-13-2-3-14-31/h4-9,12,22H,2-3,10-11,13-20H2,1H3,(H,28,36). The lowest BCUT2D eigenvalue weighted by atomic mass is 10.0. The molecule has 3 aliphatic heterocycles. The van der Waals surface area contributed by atoms with Gasteiger partial charge in [-0.25, -0.2) is 4.79 Å². The Hall–Kier alpha value is -3.49. The number of anilines is 1. The zero-order chi connectivity index (χ0) is 25.1. The average Bonchev–Trinajstić information content (AvgIpc) is 3.61. The van der Waals surface area contributed by atoms with E-state index in [9.17, 15) is 14.4 Å². The molecule has 0 spiro atoms. The molecule has 0 radical (unpaired) electrons. The first kappa shape index (κ1) is 24.2. The Balaban J connectivity index is 1.06. The maximum Gasteiger partial charge on any atom is 0.317 e. The molecule has 2 aromatic rings. The van der Waals surface area contributed by atoms with Crippen LogP contribution in [0.2, 0.25) is 0 Å². The summed E-state index contributed by atoms with van der Waals surface area (Å²) in [7, 11) is 1.87. The molecule has 192 valence electrons. The third-order valence-corrected chi connectivity index (χ3v) is 7.71. The number of aryl methyl sites for hydroxylation is 1. The fourth-order valence-corrected chi connectivity index (χ4v) is 5.42. The smallest absolute Gasteiger partial charge is 0.317 e. The van der Waals surface area contributed by atoms with Crippen LogP contribution in [-0.4, -0.2) is 95.5 Å². The Kier molecular flexibility index (Phi) is 7.16. The summed E-state index contributed by atoms with van der Waals surface area (Å²) in [5, 5.41) is 3.20. The number of benzene rings is 1. The van der Waals surface area contributed by atoms with Gasteiger partial charge in [-0.1, -0.05) is 0 Å². The SMILES string of the molecule is Cn1cccc1C(=O)N1CCN(C(=O)NC2CCN(c3ccc(C(=O)N4CCCC4)cc3)CC2)CC1. The number of nitrogens with one attached hydrogen (secondary N) is 1. The molecule has 4 amide bonds. The Labute approximate surface area is 212 Å². The molecule has 0 unspecified atom stereocenters. The minimum atomic E-state index is -0.0378. The highest BCUT2D eigenvalue weighted by molar-refractivity contribution is 5.94. The van der Waals surface area contributed by atoms with E-state index < -0.39 is 0 Å². The number of hydrogen-bond donors (Lipinski definition) is 1. The van der Waals surface area contributed by atoms with Gasteiger partial charge in [-0.3, -0.25) is 9.59 Å². The van der Waals surface area contributed by atoms with Gasteiger partial charge in [-0.2, -0.15) is 0 Å². The fourth-order valence-electron chi connectivity index (χ4n) is 5.42. The van der Waals surface area contributed by atoms with Gasteiger partial charge in [0.15, 0.2) is 0 Å². The van der Waals surface area contributed by atoms with Gasteiger partial charge in [0.1, 0.15) is 5.69 Å². The van der Waals surface area contributed by atoms with E-state index in [0.717, 1.165) is 63.1 Å². The van der Waals surface area contributed by atoms with Crippen LogP contribution in [0.3, 0.4) is 0 Å². The molecule has 0 aliphatic carbocycles. The lowest BCUT2D eigenvalue weighted by molar-refractivity contribution is 0.0653. The average molecular weight is 493 g/mol. The van der Waals surface area contributed by atoms with Crippen molar-refractivity contribution < 1.29 is 14.4 Å². The first-order chi connectivity index (χ1) is 17.5. The van der Waals surface area contributed by atoms with E-state index >= 15 is 0 Å². The second-order valence-corrected chi connectivity index (χ2v) is 10.0. The topological polar surface area (TPSA) is 81.1 Å². The largest absolute Gasteiger partial charge is 0.371 e. The molecule has 3 aliphatic rings. The number of amides is 4. The second-order valence-electron chi connectivity index (χ2n) is 10.0. The molecule has 0 bridgehead atoms. The van der Waals surface area contributed by atoms with Crippen LogP contribution in [0.4, 0.5) is 10.5 Å². The van der Waals surface area contributed by atoms with Crippen LogP contribution in [0.1, 0.15) is 46.5 Å². The summed E-state index contributed by atoms with van der Waals surface area (Å²) < 4.78 is 1.83. The molecule has 0 atom stereocenters. The molecule has 3 saturated heterocycles. The molecule has 1 aromatic heterocycles. The van der Waals surface area contributed by atoms with E-state index in [2.05, 4.69) is 10.2 Å². The number of urea groups is 1. The zero-order valence-electron chi connectivity index (χ0n) is 21.1. The van der Waals surface area contributed by atoms with Gasteiger partial charge < -0.3 is 29.5 Å². The summed E-state index contributed by atoms with van der Waals surface area (Å²) in [4.78, 5) is 46.0. The van der Waals surface area contributed by atoms with Crippen LogP contribution < -0.4 is 10.2 Å². The van der Waals surface area contributed by atoms with Crippen molar-refractivity contribution in [2.75, 3.05) is 57.3 Å². The molecule has 1 N–H and O–H groups in total. The van der Waals surface area contributed by atoms with Gasteiger partial charge in [-0.05, 0) is 62.1 Å². The summed E-state index contributed by atoms with van der Waals surface area (Å²) in [5.74, 6) is 0.147. The van der Waals surface area contributed by atoms with Crippen molar-refractivity contribution in [2.24, 2.45) is 7.05 Å². The minimum Gasteiger partial charge on any atom is -0.371 e. The quantitative estimate of drug-likeness (QED) is 0.711. The lowest BCUT2D eigenvalue weighted by Gasteiger charge is -2.37. The summed E-state index contributed by atoms with van der Waals surface area (Å²) in [6, 6.07) is 11.8. The van der Waals surface area contributed by atoms with E-state index in [4.69, 9.17) is 0 Å². The van der Waals surface area contributed by atoms with Crippen LogP contribution >= 0.6 is 0 Å². The number of rotatable bonds is 4. The molecule has 4 heterocycles. The third-order valence-electron chi connectivity index (χ3n) is 7.71. The van der Waals surface area contributed by atoms with Crippen LogP contribution in [0.5, 0.6) is 0 Å². The Morgan fingerprint density at radius 1 is 0.750 bits per heavy atom. The normalized spacial score (nSPS) is 19.0. The molecule has 9 heteroatoms. The number of aromatic nitrogens is 1. The van der Waals surface area contributed by atoms with Crippen molar-refractivity contribution in [3.63, 3.8) is 0 Å². The molecule has 5 rings (SSSR count). The Morgan fingerprint density at radius 3 is 1.97 bits per heavy atom. The number of likely N-dealkylation sites (tertiary alicyclic amines) is 1. The molecule has 0 saturated carbocycles. The van der Waals surface area contributed by atoms with Gasteiger partial charge in [-0.15, -0.1) is 0 Å². The van der Waals surface area contributed by atoms with Crippen molar-refractivity contribution >= 4 is 23.5 Å². The highest BCUT2D eigenvalue weighted by Gasteiger charge is 2.28. The molecular formula is C27H36N6O3. The predicted octanol–water partition coefficient (Wildman–Crippen LogP) is 2.40. The molecule has 1 aromatic carbocycles. The summed E-state index contributed by atoms with van der Waals surface area (Å²) in [5.41, 5.74) is 2.55. The first-order valence-electron chi connectivity index (χ1n) is 13.1. The van der Waals surface area contributed by atoms with E-state index in [1.165, 1.54) is 0 Å². The number of carbonyl (C=O) groups is 3. The van der Waals surface area contributed by atoms with Crippen molar-refractivity contribution in [1.82, 2.24) is 24.6 Å². The maximum absolute atomic E-state index is 12.8. The Bertz CT molecular complexity index is 1080. The van der Waals surface area contributed by atoms with E-state index in [-0.39, 0.29) is 23.9 Å². The van der Waals surface area contributed by atoms with E-state index in [1.54, 1.807) is 0 Å². The van der Waals surface area contributed by atoms with Crippen LogP contribution in [0, 0.1) is 0 Å². The maximum atomic E-state index is 12.8. The zero-order valence-corrected chi connectivity index (χ0v) is 21.1. The number of hydrogen-bond acceptors (Lipinski definition) is 4. The molecule has 3 fully saturated rings. The van der Waals surface area contributed by atoms with E-state index in [1.807, 2.05) is 68.9 Å². The monoisotopic (exact) mass is 492 g/mol. The first-order valence-corrected chi connectivity index (χ1v) is 13.1. The number of carbonyl (C=O) groups excluding carboxylic acids is 3. The van der Waals surface area contributed by atoms with Gasteiger partial charge in [0.2, 0.25) is 0 Å². The third kappa shape index (κ3) is 5.20. The van der Waals surface area contributed by atoms with Crippen molar-refractivity contribution in [1.29, 1.82) is 0 Å². The molecule has 9 nitrogen and oxygen atoms in total. The predicted molar refractivity (Wildman–Crippen MR) is 138 cm³/mol. The Morgan fingerprint density at radius 2 is 1.36 bits per heavy atom. The second kappa shape index (κ2) is 10.6. The number of piperazine rings is 1. The van der Waals surface area contributed by atoms with Crippen LogP contribution in [-0.2, 0) is 7.05 Å². The highest BCUT2D eigenvalue weighted by Crippen LogP contribution is 2.22.